The van der Waals surface area contributed by atoms with Gasteiger partial charge in [0.15, 0.2) is 0 Å². The number of nitrogens with zero attached hydrogens (tertiary/aromatic N) is 1. The number of hydrogen-bond acceptors (Lipinski definition) is 4. The maximum Gasteiger partial charge on any atom is 0.305 e. The predicted molar refractivity (Wildman–Crippen MR) is 40.4 cm³/mol. The topological polar surface area (TPSA) is 89.4 Å². The van der Waals surface area contributed by atoms with Gasteiger partial charge in [-0.2, -0.15) is 0 Å². The van der Waals surface area contributed by atoms with Gasteiger partial charge in [-0.05, 0) is 6.92 Å². The van der Waals surface area contributed by atoms with Crippen molar-refractivity contribution in [2.45, 2.75) is 19.4 Å². The number of carboxylic acid groups (broad SMARTS) is 1. The Hall–Kier alpha value is -1.36. The van der Waals surface area contributed by atoms with Crippen molar-refractivity contribution in [1.82, 2.24) is 5.16 Å². The molecular weight excluding hydrogens is 160 g/mol. The fraction of sp³-hybridized carbons (Fsp3) is 0.429. The van der Waals surface area contributed by atoms with E-state index in [0.29, 0.717) is 11.3 Å². The van der Waals surface area contributed by atoms with E-state index >= 15 is 0 Å². The van der Waals surface area contributed by atoms with E-state index in [1.54, 1.807) is 6.92 Å². The molecule has 0 bridgehead atoms. The molecule has 1 aromatic rings. The van der Waals surface area contributed by atoms with E-state index in [9.17, 15) is 4.79 Å². The third-order valence-corrected chi connectivity index (χ3v) is 1.58. The molecule has 1 rings (SSSR count). The molecule has 1 atom stereocenters. The molecule has 0 amide bonds. The number of rotatable bonds is 3. The summed E-state index contributed by atoms with van der Waals surface area (Å²) in [6.45, 7) is 1.70. The third kappa shape index (κ3) is 1.82. The Bertz CT molecular complexity index is 282. The summed E-state index contributed by atoms with van der Waals surface area (Å²) in [5.74, 6) is -0.355. The first-order chi connectivity index (χ1) is 5.61. The maximum absolute atomic E-state index is 10.3. The fourth-order valence-electron chi connectivity index (χ4n) is 0.961. The summed E-state index contributed by atoms with van der Waals surface area (Å²) >= 11 is 0. The molecule has 5 heteroatoms. The van der Waals surface area contributed by atoms with E-state index in [4.69, 9.17) is 15.4 Å². The van der Waals surface area contributed by atoms with Gasteiger partial charge in [-0.25, -0.2) is 0 Å². The van der Waals surface area contributed by atoms with Crippen LogP contribution in [-0.4, -0.2) is 16.2 Å². The van der Waals surface area contributed by atoms with Crippen LogP contribution in [0.3, 0.4) is 0 Å². The first-order valence-electron chi connectivity index (χ1n) is 3.50. The van der Waals surface area contributed by atoms with Crippen LogP contribution in [0.15, 0.2) is 10.7 Å². The highest BCUT2D eigenvalue weighted by molar-refractivity contribution is 5.67. The summed E-state index contributed by atoms with van der Waals surface area (Å²) in [5, 5.41) is 11.9. The van der Waals surface area contributed by atoms with Crippen molar-refractivity contribution in [3.63, 3.8) is 0 Å². The van der Waals surface area contributed by atoms with Gasteiger partial charge in [0.05, 0.1) is 12.6 Å². The van der Waals surface area contributed by atoms with Gasteiger partial charge in [0.25, 0.3) is 0 Å². The normalized spacial score (nSPS) is 12.8. The lowest BCUT2D eigenvalue weighted by atomic mass is 10.1. The molecule has 1 aromatic heterocycles. The smallest absolute Gasteiger partial charge is 0.305 e. The number of hydrogen-bond donors (Lipinski definition) is 2. The molecule has 1 heterocycles. The quantitative estimate of drug-likeness (QED) is 0.687. The lowest BCUT2D eigenvalue weighted by molar-refractivity contribution is -0.137. The molecule has 0 saturated heterocycles. The Kier molecular flexibility index (Phi) is 2.44. The fourth-order valence-corrected chi connectivity index (χ4v) is 0.961. The van der Waals surface area contributed by atoms with E-state index in [2.05, 4.69) is 5.16 Å². The molecule has 3 N–H and O–H groups in total. The van der Waals surface area contributed by atoms with Crippen molar-refractivity contribution in [2.75, 3.05) is 0 Å². The van der Waals surface area contributed by atoms with Crippen LogP contribution >= 0.6 is 0 Å². The molecular formula is C7H10N2O3. The Morgan fingerprint density at radius 2 is 2.58 bits per heavy atom. The summed E-state index contributed by atoms with van der Waals surface area (Å²) in [6.07, 6.45) is 1.34. The van der Waals surface area contributed by atoms with Crippen LogP contribution in [0.25, 0.3) is 0 Å². The summed E-state index contributed by atoms with van der Waals surface area (Å²) in [5.41, 5.74) is 6.21. The highest BCUT2D eigenvalue weighted by atomic mass is 16.5. The van der Waals surface area contributed by atoms with Crippen molar-refractivity contribution in [3.05, 3.63) is 17.5 Å². The minimum absolute atomic E-state index is 0.109. The van der Waals surface area contributed by atoms with E-state index in [0.717, 1.165) is 0 Å². The maximum atomic E-state index is 10.3. The lowest BCUT2D eigenvalue weighted by Gasteiger charge is -2.04. The largest absolute Gasteiger partial charge is 0.481 e. The minimum Gasteiger partial charge on any atom is -0.481 e. The second kappa shape index (κ2) is 3.36. The van der Waals surface area contributed by atoms with Crippen molar-refractivity contribution in [1.29, 1.82) is 0 Å². The second-order valence-corrected chi connectivity index (χ2v) is 2.54. The van der Waals surface area contributed by atoms with Crippen LogP contribution in [-0.2, 0) is 4.79 Å². The molecule has 0 aliphatic carbocycles. The second-order valence-electron chi connectivity index (χ2n) is 2.54. The number of aryl methyl sites for hydroxylation is 1. The van der Waals surface area contributed by atoms with Crippen molar-refractivity contribution >= 4 is 5.97 Å². The Morgan fingerprint density at radius 3 is 3.00 bits per heavy atom. The molecule has 0 radical (unpaired) electrons. The van der Waals surface area contributed by atoms with Crippen molar-refractivity contribution < 1.29 is 14.4 Å². The highest BCUT2D eigenvalue weighted by Crippen LogP contribution is 2.17. The first-order valence-corrected chi connectivity index (χ1v) is 3.50. The standard InChI is InChI=1S/C7H10N2O3/c1-4-5(3-9-12-4)6(8)2-7(10)11/h3,6H,2,8H2,1H3,(H,10,11). The number of aromatic nitrogens is 1. The van der Waals surface area contributed by atoms with Gasteiger partial charge in [0.2, 0.25) is 0 Å². The third-order valence-electron chi connectivity index (χ3n) is 1.58. The van der Waals surface area contributed by atoms with Gasteiger partial charge in [0.1, 0.15) is 5.76 Å². The van der Waals surface area contributed by atoms with Crippen molar-refractivity contribution in [3.8, 4) is 0 Å². The minimum atomic E-state index is -0.928. The summed E-state index contributed by atoms with van der Waals surface area (Å²) in [7, 11) is 0. The molecule has 0 saturated carbocycles. The Balaban J connectivity index is 2.71. The lowest BCUT2D eigenvalue weighted by Crippen LogP contribution is -2.15. The van der Waals surface area contributed by atoms with Gasteiger partial charge in [-0.3, -0.25) is 4.79 Å². The van der Waals surface area contributed by atoms with E-state index < -0.39 is 12.0 Å². The number of nitrogens with two attached hydrogens (primary N) is 1. The van der Waals surface area contributed by atoms with E-state index in [-0.39, 0.29) is 6.42 Å². The molecule has 1 unspecified atom stereocenters. The predicted octanol–water partition coefficient (Wildman–Crippen LogP) is 0.458. The van der Waals surface area contributed by atoms with E-state index in [1.165, 1.54) is 6.20 Å². The SMILES string of the molecule is Cc1oncc1C(N)CC(=O)O. The van der Waals surface area contributed by atoms with Gasteiger partial charge in [-0.15, -0.1) is 0 Å². The molecule has 0 aliphatic rings. The zero-order valence-electron chi connectivity index (χ0n) is 6.65. The van der Waals surface area contributed by atoms with Crippen LogP contribution in [0.4, 0.5) is 0 Å². The zero-order valence-corrected chi connectivity index (χ0v) is 6.65. The monoisotopic (exact) mass is 170 g/mol. The van der Waals surface area contributed by atoms with Crippen LogP contribution in [0.5, 0.6) is 0 Å². The number of aliphatic carboxylic acids is 1. The first kappa shape index (κ1) is 8.73. The van der Waals surface area contributed by atoms with Gasteiger partial charge in [-0.1, -0.05) is 5.16 Å². The summed E-state index contributed by atoms with van der Waals surface area (Å²) < 4.78 is 4.74. The molecule has 66 valence electrons. The van der Waals surface area contributed by atoms with Gasteiger partial charge < -0.3 is 15.4 Å². The van der Waals surface area contributed by atoms with Crippen molar-refractivity contribution in [2.24, 2.45) is 5.73 Å². The van der Waals surface area contributed by atoms with Crippen LogP contribution in [0.2, 0.25) is 0 Å². The molecule has 0 spiro atoms. The summed E-state index contributed by atoms with van der Waals surface area (Å²) in [6, 6.07) is -0.534. The summed E-state index contributed by atoms with van der Waals surface area (Å²) in [4.78, 5) is 10.3. The van der Waals surface area contributed by atoms with Crippen LogP contribution in [0, 0.1) is 6.92 Å². The number of carboxylic acids is 1. The Labute approximate surface area is 69.2 Å². The highest BCUT2D eigenvalue weighted by Gasteiger charge is 2.15. The van der Waals surface area contributed by atoms with Crippen LogP contribution < -0.4 is 5.73 Å². The molecule has 0 aliphatic heterocycles. The van der Waals surface area contributed by atoms with Gasteiger partial charge in [0, 0.05) is 11.6 Å². The molecule has 0 fully saturated rings. The average Bonchev–Trinajstić information content (AvgIpc) is 2.33. The molecule has 12 heavy (non-hydrogen) atoms. The van der Waals surface area contributed by atoms with Gasteiger partial charge >= 0.3 is 5.97 Å². The zero-order chi connectivity index (χ0) is 9.14. The molecule has 5 nitrogen and oxygen atoms in total. The Morgan fingerprint density at radius 1 is 1.92 bits per heavy atom. The number of carbonyl (C=O) groups is 1. The van der Waals surface area contributed by atoms with E-state index in [1.807, 2.05) is 0 Å². The van der Waals surface area contributed by atoms with Crippen LogP contribution in [0.1, 0.15) is 23.8 Å². The average molecular weight is 170 g/mol. The molecule has 0 aromatic carbocycles.